The highest BCUT2D eigenvalue weighted by atomic mass is 33.1. The molecule has 0 unspecified atom stereocenters. The number of nitrogens with one attached hydrogen (secondary N) is 1. The van der Waals surface area contributed by atoms with Crippen molar-refractivity contribution >= 4 is 40.6 Å². The van der Waals surface area contributed by atoms with E-state index in [1.807, 2.05) is 0 Å². The van der Waals surface area contributed by atoms with Gasteiger partial charge in [0.05, 0.1) is 23.7 Å². The summed E-state index contributed by atoms with van der Waals surface area (Å²) in [5.41, 5.74) is 1.90. The zero-order valence-corrected chi connectivity index (χ0v) is 20.7. The Morgan fingerprint density at radius 2 is 1.65 bits per heavy atom. The van der Waals surface area contributed by atoms with Crippen LogP contribution in [0.25, 0.3) is 16.6 Å². The SMILES string of the molecule is C[C@H](NS(C)(=O)=O)[C@@H](c1ccccc1)S(=O)(=O)Sc1ccc2c(cnn2-c2ccc(F)cc2)c1. The number of benzene rings is 3. The summed E-state index contributed by atoms with van der Waals surface area (Å²) in [7, 11) is -6.85. The average Bonchev–Trinajstić information content (AvgIpc) is 3.16. The second-order valence-electron chi connectivity index (χ2n) is 7.84. The molecule has 0 fully saturated rings. The van der Waals surface area contributed by atoms with E-state index in [2.05, 4.69) is 9.82 Å². The fourth-order valence-corrected chi connectivity index (χ4v) is 8.67. The van der Waals surface area contributed by atoms with Gasteiger partial charge >= 0.3 is 0 Å². The first-order valence-corrected chi connectivity index (χ1v) is 15.0. The number of hydrogen-bond acceptors (Lipinski definition) is 6. The lowest BCUT2D eigenvalue weighted by atomic mass is 10.1. The standard InChI is InChI=1S/C23H22FN3O4S3/c1-16(26-33(2,28)29)23(17-6-4-3-5-7-17)34(30,31)32-21-12-13-22-18(14-21)15-25-27(22)20-10-8-19(24)9-11-20/h3-16,23,26H,1-2H3/t16-,23-/m0/s1. The smallest absolute Gasteiger partial charge is 0.214 e. The van der Waals surface area contributed by atoms with Crippen molar-refractivity contribution in [3.05, 3.63) is 90.4 Å². The van der Waals surface area contributed by atoms with Gasteiger partial charge in [0.2, 0.25) is 18.9 Å². The average molecular weight is 520 g/mol. The van der Waals surface area contributed by atoms with Crippen LogP contribution in [0.1, 0.15) is 17.7 Å². The van der Waals surface area contributed by atoms with Crippen molar-refractivity contribution in [2.45, 2.75) is 23.1 Å². The van der Waals surface area contributed by atoms with E-state index in [0.717, 1.165) is 11.8 Å². The fourth-order valence-electron chi connectivity index (χ4n) is 3.78. The van der Waals surface area contributed by atoms with Crippen LogP contribution in [0.5, 0.6) is 0 Å². The number of fused-ring (bicyclic) bond motifs is 1. The largest absolute Gasteiger partial charge is 0.233 e. The molecule has 0 spiro atoms. The van der Waals surface area contributed by atoms with Crippen molar-refractivity contribution in [1.29, 1.82) is 0 Å². The van der Waals surface area contributed by atoms with Gasteiger partial charge in [-0.25, -0.2) is 30.6 Å². The summed E-state index contributed by atoms with van der Waals surface area (Å²) in [5, 5.41) is 3.95. The summed E-state index contributed by atoms with van der Waals surface area (Å²) in [6.45, 7) is 1.53. The summed E-state index contributed by atoms with van der Waals surface area (Å²) in [6.07, 6.45) is 2.61. The van der Waals surface area contributed by atoms with Crippen molar-refractivity contribution in [1.82, 2.24) is 14.5 Å². The summed E-state index contributed by atoms with van der Waals surface area (Å²) in [4.78, 5) is 0.471. The molecule has 1 aromatic heterocycles. The summed E-state index contributed by atoms with van der Waals surface area (Å²) < 4.78 is 67.9. The molecule has 0 aliphatic carbocycles. The van der Waals surface area contributed by atoms with Crippen LogP contribution in [0.4, 0.5) is 4.39 Å². The topological polar surface area (TPSA) is 98.1 Å². The molecule has 1 heterocycles. The Balaban J connectivity index is 1.67. The third kappa shape index (κ3) is 5.49. The highest BCUT2D eigenvalue weighted by molar-refractivity contribution is 8.72. The molecule has 7 nitrogen and oxygen atoms in total. The van der Waals surface area contributed by atoms with Gasteiger partial charge in [0.15, 0.2) is 0 Å². The molecule has 0 saturated heterocycles. The molecule has 0 aliphatic rings. The minimum absolute atomic E-state index is 0.350. The van der Waals surface area contributed by atoms with Crippen molar-refractivity contribution in [2.24, 2.45) is 0 Å². The van der Waals surface area contributed by atoms with Crippen LogP contribution < -0.4 is 4.72 Å². The molecule has 34 heavy (non-hydrogen) atoms. The van der Waals surface area contributed by atoms with Crippen molar-refractivity contribution in [2.75, 3.05) is 6.26 Å². The zero-order valence-electron chi connectivity index (χ0n) is 18.3. The third-order valence-corrected chi connectivity index (χ3v) is 9.79. The van der Waals surface area contributed by atoms with E-state index in [1.54, 1.807) is 71.5 Å². The first-order chi connectivity index (χ1) is 16.0. The molecule has 0 bridgehead atoms. The normalized spacial score (nSPS) is 14.2. The molecule has 4 rings (SSSR count). The van der Waals surface area contributed by atoms with Gasteiger partial charge in [0.25, 0.3) is 0 Å². The zero-order chi connectivity index (χ0) is 24.5. The van der Waals surface area contributed by atoms with Gasteiger partial charge in [-0.1, -0.05) is 30.3 Å². The molecular formula is C23H22FN3O4S3. The number of sulfonamides is 1. The minimum atomic E-state index is -3.90. The Labute approximate surface area is 201 Å². The molecule has 0 radical (unpaired) electrons. The molecular weight excluding hydrogens is 497 g/mol. The molecule has 0 saturated carbocycles. The summed E-state index contributed by atoms with van der Waals surface area (Å²) >= 11 is 0. The predicted molar refractivity (Wildman–Crippen MR) is 132 cm³/mol. The van der Waals surface area contributed by atoms with E-state index in [4.69, 9.17) is 0 Å². The van der Waals surface area contributed by atoms with E-state index in [9.17, 15) is 21.2 Å². The number of aromatic nitrogens is 2. The van der Waals surface area contributed by atoms with E-state index < -0.39 is 30.2 Å². The lowest BCUT2D eigenvalue weighted by Crippen LogP contribution is -2.38. The molecule has 3 aromatic carbocycles. The fraction of sp³-hybridized carbons (Fsp3) is 0.174. The van der Waals surface area contributed by atoms with Gasteiger partial charge in [-0.15, -0.1) is 0 Å². The Morgan fingerprint density at radius 1 is 0.971 bits per heavy atom. The van der Waals surface area contributed by atoms with Crippen LogP contribution in [0.2, 0.25) is 0 Å². The molecule has 11 heteroatoms. The first-order valence-electron chi connectivity index (χ1n) is 10.2. The van der Waals surface area contributed by atoms with Gasteiger partial charge in [-0.3, -0.25) is 0 Å². The summed E-state index contributed by atoms with van der Waals surface area (Å²) in [6, 6.07) is 18.7. The lowest BCUT2D eigenvalue weighted by molar-refractivity contribution is 0.545. The van der Waals surface area contributed by atoms with Gasteiger partial charge in [-0.05, 0) is 55.0 Å². The minimum Gasteiger partial charge on any atom is -0.233 e. The lowest BCUT2D eigenvalue weighted by Gasteiger charge is -2.24. The Hall–Kier alpha value is -2.73. The van der Waals surface area contributed by atoms with Crippen LogP contribution >= 0.6 is 10.8 Å². The molecule has 1 N–H and O–H groups in total. The first kappa shape index (κ1) is 24.4. The van der Waals surface area contributed by atoms with E-state index in [1.165, 1.54) is 19.1 Å². The number of nitrogens with zero attached hydrogens (tertiary/aromatic N) is 2. The van der Waals surface area contributed by atoms with Crippen molar-refractivity contribution in [3.8, 4) is 5.69 Å². The highest BCUT2D eigenvalue weighted by Gasteiger charge is 2.35. The molecule has 178 valence electrons. The van der Waals surface area contributed by atoms with Crippen LogP contribution in [0.3, 0.4) is 0 Å². The van der Waals surface area contributed by atoms with Crippen LogP contribution in [-0.4, -0.2) is 38.9 Å². The highest BCUT2D eigenvalue weighted by Crippen LogP contribution is 2.39. The summed E-state index contributed by atoms with van der Waals surface area (Å²) in [5.74, 6) is -0.350. The Kier molecular flexibility index (Phi) is 6.81. The Morgan fingerprint density at radius 3 is 2.29 bits per heavy atom. The maximum absolute atomic E-state index is 13.5. The number of rotatable bonds is 8. The number of halogens is 1. The number of hydrogen-bond donors (Lipinski definition) is 1. The maximum Gasteiger partial charge on any atom is 0.214 e. The van der Waals surface area contributed by atoms with Crippen LogP contribution in [0, 0.1) is 5.82 Å². The van der Waals surface area contributed by atoms with Gasteiger partial charge < -0.3 is 0 Å². The second kappa shape index (κ2) is 9.49. The van der Waals surface area contributed by atoms with E-state index in [0.29, 0.717) is 32.3 Å². The third-order valence-electron chi connectivity index (χ3n) is 5.12. The molecule has 4 aromatic rings. The quantitative estimate of drug-likeness (QED) is 0.349. The van der Waals surface area contributed by atoms with Crippen LogP contribution in [0.15, 0.2) is 83.9 Å². The van der Waals surface area contributed by atoms with Crippen molar-refractivity contribution < 1.29 is 21.2 Å². The van der Waals surface area contributed by atoms with Crippen molar-refractivity contribution in [3.63, 3.8) is 0 Å². The van der Waals surface area contributed by atoms with Gasteiger partial charge in [0, 0.05) is 27.1 Å². The second-order valence-corrected chi connectivity index (χ2v) is 13.6. The van der Waals surface area contributed by atoms with Gasteiger partial charge in [0.1, 0.15) is 11.1 Å². The molecule has 0 aliphatic heterocycles. The monoisotopic (exact) mass is 519 g/mol. The van der Waals surface area contributed by atoms with Crippen LogP contribution in [-0.2, 0) is 18.9 Å². The molecule has 2 atom stereocenters. The maximum atomic E-state index is 13.5. The Bertz CT molecular complexity index is 1520. The predicted octanol–water partition coefficient (Wildman–Crippen LogP) is 4.27. The van der Waals surface area contributed by atoms with E-state index >= 15 is 0 Å². The van der Waals surface area contributed by atoms with Gasteiger partial charge in [-0.2, -0.15) is 5.10 Å². The molecule has 0 amide bonds. The van der Waals surface area contributed by atoms with E-state index in [-0.39, 0.29) is 5.82 Å².